The molecule has 6 heteroatoms. The Kier molecular flexibility index (Phi) is 4.99. The van der Waals surface area contributed by atoms with Gasteiger partial charge < -0.3 is 5.32 Å². The van der Waals surface area contributed by atoms with Crippen LogP contribution >= 0.6 is 0 Å². The van der Waals surface area contributed by atoms with Gasteiger partial charge in [0.25, 0.3) is 5.91 Å². The number of pyridine rings is 1. The Morgan fingerprint density at radius 2 is 1.48 bits per heavy atom. The van der Waals surface area contributed by atoms with E-state index in [9.17, 15) is 18.0 Å². The number of alkyl halides is 3. The van der Waals surface area contributed by atoms with Crippen molar-refractivity contribution in [2.75, 3.05) is 5.32 Å². The van der Waals surface area contributed by atoms with E-state index < -0.39 is 17.6 Å². The Morgan fingerprint density at radius 3 is 2.07 bits per heavy atom. The molecule has 0 atom stereocenters. The zero-order chi connectivity index (χ0) is 19.6. The number of halogens is 3. The average Bonchev–Trinajstić information content (AvgIpc) is 2.60. The summed E-state index contributed by atoms with van der Waals surface area (Å²) in [4.78, 5) is 16.6. The number of carbonyl (C=O) groups excluding carboxylic acids is 1. The molecule has 1 N–H and O–H groups in total. The lowest BCUT2D eigenvalue weighted by Gasteiger charge is -2.14. The highest BCUT2D eigenvalue weighted by molar-refractivity contribution is 6.04. The van der Waals surface area contributed by atoms with Crippen LogP contribution in [-0.4, -0.2) is 10.9 Å². The van der Waals surface area contributed by atoms with E-state index in [0.29, 0.717) is 28.1 Å². The maximum absolute atomic E-state index is 13.4. The average molecular weight is 370 g/mol. The minimum atomic E-state index is -4.53. The van der Waals surface area contributed by atoms with Crippen molar-refractivity contribution in [3.05, 3.63) is 83.2 Å². The van der Waals surface area contributed by atoms with E-state index in [2.05, 4.69) is 10.3 Å². The van der Waals surface area contributed by atoms with Gasteiger partial charge in [0.2, 0.25) is 0 Å². The van der Waals surface area contributed by atoms with Crippen LogP contribution < -0.4 is 5.32 Å². The fraction of sp³-hybridized carbons (Fsp3) is 0.143. The normalized spacial score (nSPS) is 11.3. The highest BCUT2D eigenvalue weighted by Crippen LogP contribution is 2.35. The van der Waals surface area contributed by atoms with Crippen LogP contribution in [0.5, 0.6) is 0 Å². The molecule has 0 fully saturated rings. The summed E-state index contributed by atoms with van der Waals surface area (Å²) in [5.74, 6) is -0.469. The summed E-state index contributed by atoms with van der Waals surface area (Å²) in [6.07, 6.45) is -4.53. The molecule has 0 spiro atoms. The second-order valence-corrected chi connectivity index (χ2v) is 6.26. The highest BCUT2D eigenvalue weighted by atomic mass is 19.4. The van der Waals surface area contributed by atoms with Crippen LogP contribution in [0.15, 0.2) is 60.7 Å². The number of hydrogen-bond acceptors (Lipinski definition) is 2. The Labute approximate surface area is 154 Å². The number of nitrogens with zero attached hydrogens (tertiary/aromatic N) is 1. The second kappa shape index (κ2) is 7.23. The molecule has 138 valence electrons. The third kappa shape index (κ3) is 4.53. The summed E-state index contributed by atoms with van der Waals surface area (Å²) >= 11 is 0. The maximum atomic E-state index is 13.4. The summed E-state index contributed by atoms with van der Waals surface area (Å²) in [6, 6.07) is 15.3. The maximum Gasteiger partial charge on any atom is 0.416 e. The van der Waals surface area contributed by atoms with Crippen LogP contribution in [-0.2, 0) is 6.18 Å². The molecular weight excluding hydrogens is 353 g/mol. The lowest BCUT2D eigenvalue weighted by atomic mass is 10.0. The van der Waals surface area contributed by atoms with Gasteiger partial charge in [0, 0.05) is 22.6 Å². The lowest BCUT2D eigenvalue weighted by Crippen LogP contribution is -2.13. The Bertz CT molecular complexity index is 962. The first-order chi connectivity index (χ1) is 12.7. The van der Waals surface area contributed by atoms with Crippen LogP contribution in [0.2, 0.25) is 0 Å². The fourth-order valence-corrected chi connectivity index (χ4v) is 2.82. The van der Waals surface area contributed by atoms with Crippen molar-refractivity contribution in [1.82, 2.24) is 4.98 Å². The fourth-order valence-electron chi connectivity index (χ4n) is 2.82. The molecule has 0 saturated heterocycles. The topological polar surface area (TPSA) is 42.0 Å². The Balaban J connectivity index is 2.04. The molecule has 27 heavy (non-hydrogen) atoms. The molecular formula is C21H17F3N2O. The lowest BCUT2D eigenvalue weighted by molar-refractivity contribution is -0.137. The van der Waals surface area contributed by atoms with E-state index >= 15 is 0 Å². The largest absolute Gasteiger partial charge is 0.416 e. The van der Waals surface area contributed by atoms with Crippen LogP contribution in [0.1, 0.15) is 27.3 Å². The molecule has 3 rings (SSSR count). The van der Waals surface area contributed by atoms with Gasteiger partial charge in [0.15, 0.2) is 0 Å². The molecule has 1 aromatic heterocycles. The first kappa shape index (κ1) is 18.6. The van der Waals surface area contributed by atoms with Crippen molar-refractivity contribution < 1.29 is 18.0 Å². The zero-order valence-corrected chi connectivity index (χ0v) is 14.8. The van der Waals surface area contributed by atoms with E-state index in [1.54, 1.807) is 56.3 Å². The summed E-state index contributed by atoms with van der Waals surface area (Å²) in [6.45, 7) is 3.56. The van der Waals surface area contributed by atoms with Crippen molar-refractivity contribution in [2.24, 2.45) is 0 Å². The SMILES string of the molecule is Cc1cc(-c2cc(NC(=O)c3ccccc3)cc(C(F)(F)F)c2)cc(C)n1. The molecule has 0 unspecified atom stereocenters. The number of amides is 1. The second-order valence-electron chi connectivity index (χ2n) is 6.26. The number of rotatable bonds is 3. The van der Waals surface area contributed by atoms with Crippen molar-refractivity contribution in [2.45, 2.75) is 20.0 Å². The number of carbonyl (C=O) groups is 1. The van der Waals surface area contributed by atoms with Gasteiger partial charge in [-0.05, 0) is 67.4 Å². The quantitative estimate of drug-likeness (QED) is 0.649. The smallest absolute Gasteiger partial charge is 0.322 e. The van der Waals surface area contributed by atoms with E-state index in [4.69, 9.17) is 0 Å². The molecule has 1 amide bonds. The summed E-state index contributed by atoms with van der Waals surface area (Å²) in [5.41, 5.74) is 2.01. The summed E-state index contributed by atoms with van der Waals surface area (Å²) in [5, 5.41) is 2.56. The molecule has 3 aromatic rings. The zero-order valence-electron chi connectivity index (χ0n) is 14.8. The number of aryl methyl sites for hydroxylation is 2. The third-order valence-electron chi connectivity index (χ3n) is 3.97. The van der Waals surface area contributed by atoms with Gasteiger partial charge in [-0.2, -0.15) is 13.2 Å². The molecule has 1 heterocycles. The molecule has 2 aromatic carbocycles. The van der Waals surface area contributed by atoms with Crippen molar-refractivity contribution in [3.63, 3.8) is 0 Å². The minimum absolute atomic E-state index is 0.0841. The molecule has 0 saturated carbocycles. The number of benzene rings is 2. The standard InChI is InChI=1S/C21H17F3N2O/c1-13-8-16(9-14(2)25-13)17-10-18(21(22,23)24)12-19(11-17)26-20(27)15-6-4-3-5-7-15/h3-12H,1-2H3,(H,26,27). The van der Waals surface area contributed by atoms with Gasteiger partial charge in [-0.1, -0.05) is 18.2 Å². The predicted octanol–water partition coefficient (Wildman–Crippen LogP) is 5.64. The molecule has 0 aliphatic carbocycles. The molecule has 0 radical (unpaired) electrons. The van der Waals surface area contributed by atoms with Gasteiger partial charge >= 0.3 is 6.18 Å². The van der Waals surface area contributed by atoms with Crippen LogP contribution in [0.3, 0.4) is 0 Å². The van der Waals surface area contributed by atoms with Gasteiger partial charge in [-0.15, -0.1) is 0 Å². The van der Waals surface area contributed by atoms with Crippen LogP contribution in [0.25, 0.3) is 11.1 Å². The molecule has 0 aliphatic heterocycles. The Morgan fingerprint density at radius 1 is 0.889 bits per heavy atom. The van der Waals surface area contributed by atoms with Crippen LogP contribution in [0, 0.1) is 13.8 Å². The van der Waals surface area contributed by atoms with Gasteiger partial charge in [-0.3, -0.25) is 9.78 Å². The van der Waals surface area contributed by atoms with Gasteiger partial charge in [0.05, 0.1) is 5.56 Å². The number of anilines is 1. The van der Waals surface area contributed by atoms with Gasteiger partial charge in [-0.25, -0.2) is 0 Å². The monoisotopic (exact) mass is 370 g/mol. The van der Waals surface area contributed by atoms with E-state index in [1.165, 1.54) is 6.07 Å². The summed E-state index contributed by atoms with van der Waals surface area (Å²) in [7, 11) is 0. The van der Waals surface area contributed by atoms with Crippen LogP contribution in [0.4, 0.5) is 18.9 Å². The highest BCUT2D eigenvalue weighted by Gasteiger charge is 2.31. The first-order valence-corrected chi connectivity index (χ1v) is 8.27. The van der Waals surface area contributed by atoms with Crippen molar-refractivity contribution in [1.29, 1.82) is 0 Å². The minimum Gasteiger partial charge on any atom is -0.322 e. The predicted molar refractivity (Wildman–Crippen MR) is 98.5 cm³/mol. The van der Waals surface area contributed by atoms with Crippen molar-refractivity contribution in [3.8, 4) is 11.1 Å². The van der Waals surface area contributed by atoms with E-state index in [-0.39, 0.29) is 5.69 Å². The number of hydrogen-bond donors (Lipinski definition) is 1. The first-order valence-electron chi connectivity index (χ1n) is 8.27. The summed E-state index contributed by atoms with van der Waals surface area (Å²) < 4.78 is 40.1. The number of nitrogens with one attached hydrogen (secondary N) is 1. The Hall–Kier alpha value is -3.15. The number of aromatic nitrogens is 1. The third-order valence-corrected chi connectivity index (χ3v) is 3.97. The van der Waals surface area contributed by atoms with Crippen molar-refractivity contribution >= 4 is 11.6 Å². The molecule has 3 nitrogen and oxygen atoms in total. The van der Waals surface area contributed by atoms with Gasteiger partial charge in [0.1, 0.15) is 0 Å². The molecule has 0 bridgehead atoms. The van der Waals surface area contributed by atoms with E-state index in [0.717, 1.165) is 12.1 Å². The molecule has 0 aliphatic rings. The van der Waals surface area contributed by atoms with E-state index in [1.807, 2.05) is 0 Å².